The van der Waals surface area contributed by atoms with E-state index >= 15 is 0 Å². The minimum atomic E-state index is 0.478. The Kier molecular flexibility index (Phi) is 4.18. The van der Waals surface area contributed by atoms with Gasteiger partial charge in [0.05, 0.1) is 5.02 Å². The largest absolute Gasteiger partial charge is 0.357 e. The SMILES string of the molecule is NCc1cc(N2CCC3(CCCCC3)CC2)ncc1Cl. The molecule has 0 atom stereocenters. The number of pyridine rings is 1. The molecular formula is C16H24ClN3. The minimum Gasteiger partial charge on any atom is -0.357 e. The van der Waals surface area contributed by atoms with Gasteiger partial charge in [0, 0.05) is 25.8 Å². The monoisotopic (exact) mass is 293 g/mol. The molecule has 0 radical (unpaired) electrons. The van der Waals surface area contributed by atoms with Crippen LogP contribution >= 0.6 is 11.6 Å². The van der Waals surface area contributed by atoms with E-state index in [1.165, 1.54) is 44.9 Å². The highest BCUT2D eigenvalue weighted by Gasteiger charge is 2.35. The number of piperidine rings is 1. The fourth-order valence-corrected chi connectivity index (χ4v) is 3.99. The Labute approximate surface area is 126 Å². The second-order valence-corrected chi connectivity index (χ2v) is 6.79. The second kappa shape index (κ2) is 5.90. The molecule has 1 saturated heterocycles. The van der Waals surface area contributed by atoms with Crippen LogP contribution in [0.2, 0.25) is 5.02 Å². The Balaban J connectivity index is 1.68. The summed E-state index contributed by atoms with van der Waals surface area (Å²) < 4.78 is 0. The van der Waals surface area contributed by atoms with Gasteiger partial charge in [0.25, 0.3) is 0 Å². The third-order valence-corrected chi connectivity index (χ3v) is 5.54. The zero-order chi connectivity index (χ0) is 14.0. The third kappa shape index (κ3) is 2.79. The van der Waals surface area contributed by atoms with Crippen molar-refractivity contribution in [3.05, 3.63) is 22.8 Å². The average molecular weight is 294 g/mol. The molecular weight excluding hydrogens is 270 g/mol. The van der Waals surface area contributed by atoms with Crippen LogP contribution in [0, 0.1) is 5.41 Å². The van der Waals surface area contributed by atoms with Gasteiger partial charge in [0.1, 0.15) is 5.82 Å². The van der Waals surface area contributed by atoms with E-state index in [9.17, 15) is 0 Å². The number of nitrogens with two attached hydrogens (primary N) is 1. The topological polar surface area (TPSA) is 42.1 Å². The van der Waals surface area contributed by atoms with Crippen molar-refractivity contribution in [3.8, 4) is 0 Å². The molecule has 2 heterocycles. The molecule has 1 aliphatic heterocycles. The van der Waals surface area contributed by atoms with Gasteiger partial charge in [-0.3, -0.25) is 0 Å². The number of aromatic nitrogens is 1. The van der Waals surface area contributed by atoms with Crippen LogP contribution in [0.4, 0.5) is 5.82 Å². The molecule has 1 aliphatic carbocycles. The van der Waals surface area contributed by atoms with Gasteiger partial charge < -0.3 is 10.6 Å². The van der Waals surface area contributed by atoms with Crippen molar-refractivity contribution in [2.45, 2.75) is 51.5 Å². The summed E-state index contributed by atoms with van der Waals surface area (Å²) in [6.45, 7) is 2.73. The lowest BCUT2D eigenvalue weighted by Gasteiger charge is -2.44. The number of halogens is 1. The standard InChI is InChI=1S/C16H24ClN3/c17-14-12-19-15(10-13(14)11-18)20-8-6-16(7-9-20)4-2-1-3-5-16/h10,12H,1-9,11,18H2. The van der Waals surface area contributed by atoms with Crippen molar-refractivity contribution in [2.75, 3.05) is 18.0 Å². The lowest BCUT2D eigenvalue weighted by atomic mass is 9.68. The van der Waals surface area contributed by atoms with Gasteiger partial charge in [-0.2, -0.15) is 0 Å². The number of anilines is 1. The summed E-state index contributed by atoms with van der Waals surface area (Å²) in [6, 6.07) is 2.06. The van der Waals surface area contributed by atoms with Crippen molar-refractivity contribution in [3.63, 3.8) is 0 Å². The highest BCUT2D eigenvalue weighted by atomic mass is 35.5. The van der Waals surface area contributed by atoms with E-state index < -0.39 is 0 Å². The molecule has 0 aromatic carbocycles. The van der Waals surface area contributed by atoms with Gasteiger partial charge in [-0.25, -0.2) is 4.98 Å². The van der Waals surface area contributed by atoms with Crippen LogP contribution in [0.3, 0.4) is 0 Å². The molecule has 1 spiro atoms. The molecule has 1 saturated carbocycles. The summed E-state index contributed by atoms with van der Waals surface area (Å²) in [5, 5.41) is 0.678. The van der Waals surface area contributed by atoms with E-state index in [1.807, 2.05) is 0 Å². The first-order valence-electron chi connectivity index (χ1n) is 7.82. The fraction of sp³-hybridized carbons (Fsp3) is 0.688. The van der Waals surface area contributed by atoms with E-state index in [2.05, 4.69) is 16.0 Å². The normalized spacial score (nSPS) is 22.2. The number of hydrogen-bond acceptors (Lipinski definition) is 3. The predicted octanol–water partition coefficient (Wildman–Crippen LogP) is 3.74. The van der Waals surface area contributed by atoms with E-state index in [1.54, 1.807) is 6.20 Å². The molecule has 2 fully saturated rings. The highest BCUT2D eigenvalue weighted by Crippen LogP contribution is 2.45. The first kappa shape index (κ1) is 14.2. The first-order valence-corrected chi connectivity index (χ1v) is 8.20. The van der Waals surface area contributed by atoms with Gasteiger partial charge >= 0.3 is 0 Å². The average Bonchev–Trinajstić information content (AvgIpc) is 2.50. The molecule has 2 N–H and O–H groups in total. The van der Waals surface area contributed by atoms with Crippen molar-refractivity contribution < 1.29 is 0 Å². The maximum absolute atomic E-state index is 6.09. The first-order chi connectivity index (χ1) is 9.72. The summed E-state index contributed by atoms with van der Waals surface area (Å²) in [5.74, 6) is 1.04. The minimum absolute atomic E-state index is 0.478. The Hall–Kier alpha value is -0.800. The number of hydrogen-bond donors (Lipinski definition) is 1. The van der Waals surface area contributed by atoms with E-state index in [0.717, 1.165) is 24.5 Å². The molecule has 1 aromatic heterocycles. The maximum atomic E-state index is 6.09. The fourth-order valence-electron chi connectivity index (χ4n) is 3.81. The third-order valence-electron chi connectivity index (χ3n) is 5.20. The second-order valence-electron chi connectivity index (χ2n) is 6.39. The van der Waals surface area contributed by atoms with Crippen LogP contribution in [0.5, 0.6) is 0 Å². The van der Waals surface area contributed by atoms with E-state index in [4.69, 9.17) is 17.3 Å². The summed E-state index contributed by atoms with van der Waals surface area (Å²) in [4.78, 5) is 6.88. The number of rotatable bonds is 2. The molecule has 110 valence electrons. The summed E-state index contributed by atoms with van der Waals surface area (Å²) in [7, 11) is 0. The van der Waals surface area contributed by atoms with Crippen LogP contribution < -0.4 is 10.6 Å². The Morgan fingerprint density at radius 2 is 1.85 bits per heavy atom. The molecule has 4 heteroatoms. The lowest BCUT2D eigenvalue weighted by molar-refractivity contribution is 0.144. The van der Waals surface area contributed by atoms with Crippen LogP contribution in [0.1, 0.15) is 50.5 Å². The molecule has 0 amide bonds. The molecule has 1 aromatic rings. The van der Waals surface area contributed by atoms with Crippen molar-refractivity contribution in [2.24, 2.45) is 11.1 Å². The van der Waals surface area contributed by atoms with Crippen LogP contribution in [-0.4, -0.2) is 18.1 Å². The smallest absolute Gasteiger partial charge is 0.128 e. The molecule has 3 nitrogen and oxygen atoms in total. The van der Waals surface area contributed by atoms with Gasteiger partial charge in [-0.15, -0.1) is 0 Å². The molecule has 20 heavy (non-hydrogen) atoms. The summed E-state index contributed by atoms with van der Waals surface area (Å²) in [6.07, 6.45) is 11.5. The molecule has 3 rings (SSSR count). The van der Waals surface area contributed by atoms with E-state index in [-0.39, 0.29) is 0 Å². The molecule has 0 unspecified atom stereocenters. The predicted molar refractivity (Wildman–Crippen MR) is 84.1 cm³/mol. The summed E-state index contributed by atoms with van der Waals surface area (Å²) >= 11 is 6.09. The van der Waals surface area contributed by atoms with Gasteiger partial charge in [-0.1, -0.05) is 30.9 Å². The van der Waals surface area contributed by atoms with Crippen molar-refractivity contribution in [1.29, 1.82) is 0 Å². The Bertz CT molecular complexity index is 459. The lowest BCUT2D eigenvalue weighted by Crippen LogP contribution is -2.41. The van der Waals surface area contributed by atoms with E-state index in [0.29, 0.717) is 17.0 Å². The summed E-state index contributed by atoms with van der Waals surface area (Å²) in [5.41, 5.74) is 7.36. The molecule has 0 bridgehead atoms. The van der Waals surface area contributed by atoms with Crippen LogP contribution in [0.25, 0.3) is 0 Å². The van der Waals surface area contributed by atoms with Gasteiger partial charge in [0.2, 0.25) is 0 Å². The Morgan fingerprint density at radius 3 is 2.50 bits per heavy atom. The zero-order valence-electron chi connectivity index (χ0n) is 12.1. The quantitative estimate of drug-likeness (QED) is 0.903. The van der Waals surface area contributed by atoms with Gasteiger partial charge in [0.15, 0.2) is 0 Å². The van der Waals surface area contributed by atoms with Crippen molar-refractivity contribution >= 4 is 17.4 Å². The van der Waals surface area contributed by atoms with Gasteiger partial charge in [-0.05, 0) is 42.7 Å². The molecule has 2 aliphatic rings. The maximum Gasteiger partial charge on any atom is 0.128 e. The van der Waals surface area contributed by atoms with Crippen molar-refractivity contribution in [1.82, 2.24) is 4.98 Å². The highest BCUT2D eigenvalue weighted by molar-refractivity contribution is 6.31. The van der Waals surface area contributed by atoms with Crippen LogP contribution in [0.15, 0.2) is 12.3 Å². The number of nitrogens with zero attached hydrogens (tertiary/aromatic N) is 2. The van der Waals surface area contributed by atoms with Crippen LogP contribution in [-0.2, 0) is 6.54 Å². The zero-order valence-corrected chi connectivity index (χ0v) is 12.8. The Morgan fingerprint density at radius 1 is 1.15 bits per heavy atom.